The third-order valence-corrected chi connectivity index (χ3v) is 4.76. The van der Waals surface area contributed by atoms with Crippen LogP contribution in [-0.4, -0.2) is 47.0 Å². The molecule has 1 heterocycles. The number of benzene rings is 2. The van der Waals surface area contributed by atoms with Gasteiger partial charge in [0, 0.05) is 23.7 Å². The molecule has 1 N–H and O–H groups in total. The molecule has 0 radical (unpaired) electrons. The van der Waals surface area contributed by atoms with Crippen molar-refractivity contribution in [1.82, 2.24) is 9.97 Å². The first-order valence-electron chi connectivity index (χ1n) is 10.1. The van der Waals surface area contributed by atoms with Gasteiger partial charge in [0.2, 0.25) is 0 Å². The molecule has 5 nitrogen and oxygen atoms in total. The summed E-state index contributed by atoms with van der Waals surface area (Å²) in [6.45, 7) is 7.33. The fourth-order valence-corrected chi connectivity index (χ4v) is 3.16. The molecule has 0 amide bonds. The van der Waals surface area contributed by atoms with Gasteiger partial charge in [0.1, 0.15) is 5.82 Å². The molecule has 29 heavy (non-hydrogen) atoms. The lowest BCUT2D eigenvalue weighted by Gasteiger charge is -2.28. The largest absolute Gasteiger partial charge is 0.394 e. The molecule has 3 rings (SSSR count). The zero-order chi connectivity index (χ0) is 20.6. The van der Waals surface area contributed by atoms with Gasteiger partial charge >= 0.3 is 0 Å². The molecular formula is C24H29N3O2. The van der Waals surface area contributed by atoms with Crippen molar-refractivity contribution in [2.45, 2.75) is 32.9 Å². The molecule has 5 heteroatoms. The first kappa shape index (κ1) is 21.0. The second-order valence-electron chi connectivity index (χ2n) is 7.31. The van der Waals surface area contributed by atoms with E-state index in [1.807, 2.05) is 49.5 Å². The van der Waals surface area contributed by atoms with Gasteiger partial charge in [-0.25, -0.2) is 4.98 Å². The minimum absolute atomic E-state index is 0.0193. The molecule has 0 aliphatic rings. The number of ether oxygens (including phenoxy) is 1. The van der Waals surface area contributed by atoms with E-state index in [0.717, 1.165) is 28.3 Å². The van der Waals surface area contributed by atoms with Gasteiger partial charge in [0.25, 0.3) is 0 Å². The molecule has 0 aliphatic carbocycles. The SMILES string of the molecule is CC(CO)OCCN(c1cnc(-c2ccccc2)c(-c2ccccc2)n1)C(C)C. The Morgan fingerprint density at radius 3 is 2.03 bits per heavy atom. The van der Waals surface area contributed by atoms with E-state index in [2.05, 4.69) is 43.0 Å². The lowest BCUT2D eigenvalue weighted by molar-refractivity contribution is 0.0284. The summed E-state index contributed by atoms with van der Waals surface area (Å²) >= 11 is 0. The van der Waals surface area contributed by atoms with Crippen molar-refractivity contribution in [1.29, 1.82) is 0 Å². The Morgan fingerprint density at radius 2 is 1.48 bits per heavy atom. The van der Waals surface area contributed by atoms with Crippen molar-refractivity contribution in [3.63, 3.8) is 0 Å². The summed E-state index contributed by atoms with van der Waals surface area (Å²) in [5, 5.41) is 9.17. The van der Waals surface area contributed by atoms with Crippen LogP contribution < -0.4 is 4.90 Å². The maximum Gasteiger partial charge on any atom is 0.148 e. The number of aliphatic hydroxyl groups excluding tert-OH is 1. The third kappa shape index (κ3) is 5.40. The smallest absolute Gasteiger partial charge is 0.148 e. The predicted octanol–water partition coefficient (Wildman–Crippen LogP) is 4.42. The standard InChI is InChI=1S/C24H29N3O2/c1-18(2)27(14-15-29-19(3)17-28)22-16-25-23(20-10-6-4-7-11-20)24(26-22)21-12-8-5-9-13-21/h4-13,16,18-19,28H,14-15,17H2,1-3H3. The van der Waals surface area contributed by atoms with E-state index in [4.69, 9.17) is 19.8 Å². The zero-order valence-electron chi connectivity index (χ0n) is 17.3. The topological polar surface area (TPSA) is 58.5 Å². The van der Waals surface area contributed by atoms with Crippen molar-refractivity contribution in [3.8, 4) is 22.5 Å². The van der Waals surface area contributed by atoms with E-state index < -0.39 is 0 Å². The Bertz CT molecular complexity index is 885. The number of nitrogens with zero attached hydrogens (tertiary/aromatic N) is 3. The van der Waals surface area contributed by atoms with Crippen LogP contribution in [0.1, 0.15) is 20.8 Å². The monoisotopic (exact) mass is 391 g/mol. The summed E-state index contributed by atoms with van der Waals surface area (Å²) in [7, 11) is 0. The Balaban J connectivity index is 1.97. The lowest BCUT2D eigenvalue weighted by atomic mass is 10.0. The summed E-state index contributed by atoms with van der Waals surface area (Å²) < 4.78 is 5.66. The number of aromatic nitrogens is 2. The van der Waals surface area contributed by atoms with Crippen LogP contribution in [0.2, 0.25) is 0 Å². The number of anilines is 1. The highest BCUT2D eigenvalue weighted by atomic mass is 16.5. The van der Waals surface area contributed by atoms with Crippen LogP contribution in [0.3, 0.4) is 0 Å². The maximum absolute atomic E-state index is 9.17. The molecule has 2 aromatic carbocycles. The molecule has 0 bridgehead atoms. The average Bonchev–Trinajstić information content (AvgIpc) is 2.77. The number of aliphatic hydroxyl groups is 1. The van der Waals surface area contributed by atoms with Gasteiger partial charge in [-0.2, -0.15) is 0 Å². The van der Waals surface area contributed by atoms with Crippen molar-refractivity contribution < 1.29 is 9.84 Å². The highest BCUT2D eigenvalue weighted by molar-refractivity contribution is 5.78. The van der Waals surface area contributed by atoms with Crippen LogP contribution >= 0.6 is 0 Å². The Kier molecular flexibility index (Phi) is 7.33. The maximum atomic E-state index is 9.17. The number of hydrogen-bond acceptors (Lipinski definition) is 5. The van der Waals surface area contributed by atoms with Gasteiger partial charge in [-0.1, -0.05) is 60.7 Å². The molecule has 0 spiro atoms. The lowest BCUT2D eigenvalue weighted by Crippen LogP contribution is -2.35. The summed E-state index contributed by atoms with van der Waals surface area (Å²) in [6, 6.07) is 20.5. The molecule has 1 unspecified atom stereocenters. The Labute approximate surface area is 173 Å². The summed E-state index contributed by atoms with van der Waals surface area (Å²) in [5.41, 5.74) is 3.81. The van der Waals surface area contributed by atoms with E-state index in [9.17, 15) is 0 Å². The summed E-state index contributed by atoms with van der Waals surface area (Å²) in [6.07, 6.45) is 1.67. The Hall–Kier alpha value is -2.76. The second kappa shape index (κ2) is 10.1. The quantitative estimate of drug-likeness (QED) is 0.585. The summed E-state index contributed by atoms with van der Waals surface area (Å²) in [4.78, 5) is 12.0. The van der Waals surface area contributed by atoms with Gasteiger partial charge in [0.15, 0.2) is 0 Å². The molecule has 1 aromatic heterocycles. The van der Waals surface area contributed by atoms with Crippen LogP contribution in [0, 0.1) is 0 Å². The fourth-order valence-electron chi connectivity index (χ4n) is 3.16. The number of hydrogen-bond donors (Lipinski definition) is 1. The second-order valence-corrected chi connectivity index (χ2v) is 7.31. The van der Waals surface area contributed by atoms with Crippen LogP contribution in [0.15, 0.2) is 66.9 Å². The molecular weight excluding hydrogens is 362 g/mol. The van der Waals surface area contributed by atoms with Crippen molar-refractivity contribution in [2.24, 2.45) is 0 Å². The zero-order valence-corrected chi connectivity index (χ0v) is 17.3. The van der Waals surface area contributed by atoms with E-state index in [1.165, 1.54) is 0 Å². The van der Waals surface area contributed by atoms with Crippen LogP contribution in [0.4, 0.5) is 5.82 Å². The first-order chi connectivity index (χ1) is 14.1. The van der Waals surface area contributed by atoms with Crippen LogP contribution in [0.25, 0.3) is 22.5 Å². The third-order valence-electron chi connectivity index (χ3n) is 4.76. The molecule has 0 aliphatic heterocycles. The molecule has 0 saturated carbocycles. The van der Waals surface area contributed by atoms with Gasteiger partial charge in [-0.05, 0) is 20.8 Å². The van der Waals surface area contributed by atoms with E-state index >= 15 is 0 Å². The highest BCUT2D eigenvalue weighted by Crippen LogP contribution is 2.30. The Morgan fingerprint density at radius 1 is 0.897 bits per heavy atom. The summed E-state index contributed by atoms with van der Waals surface area (Å²) in [5.74, 6) is 0.818. The predicted molar refractivity (Wildman–Crippen MR) is 118 cm³/mol. The molecule has 1 atom stereocenters. The molecule has 0 saturated heterocycles. The van der Waals surface area contributed by atoms with Crippen molar-refractivity contribution >= 4 is 5.82 Å². The minimum Gasteiger partial charge on any atom is -0.394 e. The van der Waals surface area contributed by atoms with Gasteiger partial charge in [0.05, 0.1) is 36.9 Å². The average molecular weight is 392 g/mol. The first-order valence-corrected chi connectivity index (χ1v) is 10.1. The molecule has 0 fully saturated rings. The molecule has 3 aromatic rings. The van der Waals surface area contributed by atoms with Gasteiger partial charge < -0.3 is 14.7 Å². The van der Waals surface area contributed by atoms with E-state index in [0.29, 0.717) is 13.2 Å². The highest BCUT2D eigenvalue weighted by Gasteiger charge is 2.17. The van der Waals surface area contributed by atoms with E-state index in [-0.39, 0.29) is 18.8 Å². The van der Waals surface area contributed by atoms with Crippen molar-refractivity contribution in [2.75, 3.05) is 24.7 Å². The number of rotatable bonds is 9. The molecule has 152 valence electrons. The van der Waals surface area contributed by atoms with E-state index in [1.54, 1.807) is 0 Å². The van der Waals surface area contributed by atoms with Crippen molar-refractivity contribution in [3.05, 3.63) is 66.9 Å². The minimum atomic E-state index is -0.171. The van der Waals surface area contributed by atoms with Crippen LogP contribution in [-0.2, 0) is 4.74 Å². The van der Waals surface area contributed by atoms with Gasteiger partial charge in [-0.15, -0.1) is 0 Å². The van der Waals surface area contributed by atoms with Crippen LogP contribution in [0.5, 0.6) is 0 Å². The normalized spacial score (nSPS) is 12.2. The van der Waals surface area contributed by atoms with Gasteiger partial charge in [-0.3, -0.25) is 4.98 Å². The fraction of sp³-hybridized carbons (Fsp3) is 0.333.